The number of Topliss-reactive ketones (excluding diaryl/α,β-unsaturated/α-hetero) is 1. The number of para-hydroxylation sites is 1. The monoisotopic (exact) mass is 390 g/mol. The fraction of sp³-hybridized carbons (Fsp3) is 0.593. The number of hydrogen-bond acceptors (Lipinski definition) is 2. The van der Waals surface area contributed by atoms with Crippen molar-refractivity contribution < 1.29 is 9.53 Å². The van der Waals surface area contributed by atoms with E-state index in [-0.39, 0.29) is 16.2 Å². The van der Waals surface area contributed by atoms with Crippen molar-refractivity contribution in [2.24, 2.45) is 34.0 Å². The van der Waals surface area contributed by atoms with Crippen molar-refractivity contribution in [3.05, 3.63) is 53.8 Å². The zero-order valence-corrected chi connectivity index (χ0v) is 18.3. The molecule has 0 aromatic heterocycles. The summed E-state index contributed by atoms with van der Waals surface area (Å²) in [6.07, 6.45) is 11.4. The van der Waals surface area contributed by atoms with Crippen molar-refractivity contribution in [1.29, 1.82) is 0 Å². The van der Waals surface area contributed by atoms with Crippen LogP contribution in [0.2, 0.25) is 0 Å². The molecule has 0 saturated heterocycles. The SMILES string of the molecule is CC1(C)C[C@H]2[C@@H]3CC=C4C=C(Oc5ccccc5)CC[C@]4(C)[C@H]3CC[C@]2(C)C1=O. The van der Waals surface area contributed by atoms with E-state index in [1.165, 1.54) is 12.0 Å². The average Bonchev–Trinajstić information content (AvgIpc) is 2.89. The van der Waals surface area contributed by atoms with Crippen LogP contribution in [-0.4, -0.2) is 5.78 Å². The molecule has 0 aliphatic heterocycles. The van der Waals surface area contributed by atoms with Gasteiger partial charge in [-0.2, -0.15) is 0 Å². The summed E-state index contributed by atoms with van der Waals surface area (Å²) >= 11 is 0. The molecule has 2 saturated carbocycles. The molecule has 5 atom stereocenters. The molecular weight excluding hydrogens is 356 g/mol. The third kappa shape index (κ3) is 2.78. The first-order chi connectivity index (χ1) is 13.7. The molecule has 2 nitrogen and oxygen atoms in total. The first-order valence-electron chi connectivity index (χ1n) is 11.4. The molecule has 29 heavy (non-hydrogen) atoms. The lowest BCUT2D eigenvalue weighted by Gasteiger charge is -2.55. The molecule has 1 aromatic rings. The highest BCUT2D eigenvalue weighted by molar-refractivity contribution is 5.92. The highest BCUT2D eigenvalue weighted by Crippen LogP contribution is 2.66. The molecule has 2 heteroatoms. The van der Waals surface area contributed by atoms with E-state index in [4.69, 9.17) is 4.74 Å². The summed E-state index contributed by atoms with van der Waals surface area (Å²) in [5.41, 5.74) is 1.45. The van der Waals surface area contributed by atoms with Crippen LogP contribution in [0.25, 0.3) is 0 Å². The molecule has 4 aliphatic rings. The van der Waals surface area contributed by atoms with Crippen LogP contribution >= 0.6 is 0 Å². The van der Waals surface area contributed by atoms with Gasteiger partial charge >= 0.3 is 0 Å². The Morgan fingerprint density at radius 3 is 2.48 bits per heavy atom. The number of ether oxygens (including phenoxy) is 1. The van der Waals surface area contributed by atoms with E-state index >= 15 is 0 Å². The average molecular weight is 391 g/mol. The minimum Gasteiger partial charge on any atom is -0.462 e. The Morgan fingerprint density at radius 2 is 1.72 bits per heavy atom. The van der Waals surface area contributed by atoms with Crippen molar-refractivity contribution in [2.75, 3.05) is 0 Å². The van der Waals surface area contributed by atoms with E-state index in [0.717, 1.165) is 43.6 Å². The Labute approximate surface area is 175 Å². The second-order valence-electron chi connectivity index (χ2n) is 11.1. The van der Waals surface area contributed by atoms with E-state index in [1.54, 1.807) is 0 Å². The summed E-state index contributed by atoms with van der Waals surface area (Å²) < 4.78 is 6.19. The van der Waals surface area contributed by atoms with Crippen molar-refractivity contribution >= 4 is 5.78 Å². The standard InChI is InChI=1S/C27H34O2/c1-25(2)17-23-21-11-10-18-16-20(29-19-8-6-5-7-9-19)12-14-26(18,3)22(21)13-15-27(23,4)24(25)28/h5-10,16,21-23H,11-15,17H2,1-4H3/t21-,22+,23+,26+,27+/m1/s1. The summed E-state index contributed by atoms with van der Waals surface area (Å²) in [5, 5.41) is 0. The Morgan fingerprint density at radius 1 is 0.966 bits per heavy atom. The number of carbonyl (C=O) groups excluding carboxylic acids is 1. The second-order valence-corrected chi connectivity index (χ2v) is 11.1. The van der Waals surface area contributed by atoms with Crippen molar-refractivity contribution in [3.8, 4) is 5.75 Å². The van der Waals surface area contributed by atoms with Crippen LogP contribution in [0, 0.1) is 34.0 Å². The van der Waals surface area contributed by atoms with E-state index in [0.29, 0.717) is 23.5 Å². The van der Waals surface area contributed by atoms with E-state index in [2.05, 4.69) is 39.8 Å². The van der Waals surface area contributed by atoms with E-state index in [9.17, 15) is 4.79 Å². The summed E-state index contributed by atoms with van der Waals surface area (Å²) in [6.45, 7) is 9.11. The van der Waals surface area contributed by atoms with Crippen LogP contribution in [-0.2, 0) is 4.79 Å². The molecule has 5 rings (SSSR count). The van der Waals surface area contributed by atoms with Gasteiger partial charge in [-0.05, 0) is 79.1 Å². The van der Waals surface area contributed by atoms with Crippen molar-refractivity contribution in [1.82, 2.24) is 0 Å². The maximum Gasteiger partial charge on any atom is 0.144 e. The molecular formula is C27H34O2. The molecule has 2 fully saturated rings. The molecule has 0 spiro atoms. The number of fused-ring (bicyclic) bond motifs is 5. The Kier molecular flexibility index (Phi) is 4.18. The van der Waals surface area contributed by atoms with Gasteiger partial charge in [0.2, 0.25) is 0 Å². The zero-order valence-electron chi connectivity index (χ0n) is 18.3. The number of ketones is 1. The zero-order chi connectivity index (χ0) is 20.4. The number of allylic oxidation sites excluding steroid dienone is 4. The molecule has 0 bridgehead atoms. The molecule has 4 aliphatic carbocycles. The largest absolute Gasteiger partial charge is 0.462 e. The lowest BCUT2D eigenvalue weighted by molar-refractivity contribution is -0.136. The lowest BCUT2D eigenvalue weighted by atomic mass is 9.49. The smallest absolute Gasteiger partial charge is 0.144 e. The quantitative estimate of drug-likeness (QED) is 0.560. The Bertz CT molecular complexity index is 892. The minimum atomic E-state index is -0.150. The van der Waals surface area contributed by atoms with Crippen LogP contribution in [0.1, 0.15) is 66.2 Å². The number of rotatable bonds is 2. The van der Waals surface area contributed by atoms with Crippen LogP contribution < -0.4 is 4.74 Å². The summed E-state index contributed by atoms with van der Waals surface area (Å²) in [7, 11) is 0. The second kappa shape index (κ2) is 6.33. The number of benzene rings is 1. The molecule has 1 aromatic carbocycles. The third-order valence-corrected chi connectivity index (χ3v) is 8.98. The number of carbonyl (C=O) groups is 1. The lowest BCUT2D eigenvalue weighted by Crippen LogP contribution is -2.49. The highest BCUT2D eigenvalue weighted by Gasteiger charge is 2.62. The van der Waals surface area contributed by atoms with Gasteiger partial charge in [0.1, 0.15) is 17.3 Å². The predicted octanol–water partition coefficient (Wildman–Crippen LogP) is 6.73. The minimum absolute atomic E-state index is 0.0988. The molecule has 0 amide bonds. The number of hydrogen-bond donors (Lipinski definition) is 0. The van der Waals surface area contributed by atoms with Gasteiger partial charge in [-0.3, -0.25) is 4.79 Å². The first-order valence-corrected chi connectivity index (χ1v) is 11.4. The van der Waals surface area contributed by atoms with Gasteiger partial charge in [-0.15, -0.1) is 0 Å². The summed E-state index contributed by atoms with van der Waals surface area (Å²) in [6, 6.07) is 10.1. The van der Waals surface area contributed by atoms with Gasteiger partial charge in [-0.1, -0.05) is 52.0 Å². The third-order valence-electron chi connectivity index (χ3n) is 8.98. The highest BCUT2D eigenvalue weighted by atomic mass is 16.5. The summed E-state index contributed by atoms with van der Waals surface area (Å²) in [5.74, 6) is 4.43. The Hall–Kier alpha value is -1.83. The van der Waals surface area contributed by atoms with Crippen LogP contribution in [0.15, 0.2) is 53.8 Å². The molecule has 0 radical (unpaired) electrons. The maximum atomic E-state index is 13.2. The molecule has 154 valence electrons. The Balaban J connectivity index is 1.44. The van der Waals surface area contributed by atoms with Gasteiger partial charge < -0.3 is 4.74 Å². The van der Waals surface area contributed by atoms with Crippen LogP contribution in [0.4, 0.5) is 0 Å². The van der Waals surface area contributed by atoms with Gasteiger partial charge in [0.05, 0.1) is 0 Å². The fourth-order valence-electron chi connectivity index (χ4n) is 7.41. The molecule has 0 unspecified atom stereocenters. The normalized spacial score (nSPS) is 40.3. The topological polar surface area (TPSA) is 26.3 Å². The fourth-order valence-corrected chi connectivity index (χ4v) is 7.41. The van der Waals surface area contributed by atoms with Crippen LogP contribution in [0.5, 0.6) is 5.75 Å². The van der Waals surface area contributed by atoms with Gasteiger partial charge in [0.15, 0.2) is 0 Å². The van der Waals surface area contributed by atoms with E-state index < -0.39 is 0 Å². The first kappa shape index (κ1) is 19.2. The van der Waals surface area contributed by atoms with Gasteiger partial charge in [0, 0.05) is 17.3 Å². The van der Waals surface area contributed by atoms with Gasteiger partial charge in [-0.25, -0.2) is 0 Å². The molecule has 0 heterocycles. The predicted molar refractivity (Wildman–Crippen MR) is 116 cm³/mol. The van der Waals surface area contributed by atoms with Crippen LogP contribution in [0.3, 0.4) is 0 Å². The van der Waals surface area contributed by atoms with E-state index in [1.807, 2.05) is 30.3 Å². The maximum absolute atomic E-state index is 13.2. The van der Waals surface area contributed by atoms with Gasteiger partial charge in [0.25, 0.3) is 0 Å². The summed E-state index contributed by atoms with van der Waals surface area (Å²) in [4.78, 5) is 13.2. The van der Waals surface area contributed by atoms with Crippen molar-refractivity contribution in [2.45, 2.75) is 66.2 Å². The van der Waals surface area contributed by atoms with Crippen molar-refractivity contribution in [3.63, 3.8) is 0 Å². The molecule has 0 N–H and O–H groups in total.